The molecule has 0 unspecified atom stereocenters. The van der Waals surface area contributed by atoms with E-state index in [1.807, 2.05) is 0 Å². The standard InChI is InChI=1S/C8H8FNO3/c9-4-1-2-5(6(11)3-4)7(10)8(12)13/h1-3,7,11H,10H2,(H,12,13)/t7-/m0/s1. The van der Waals surface area contributed by atoms with Crippen LogP contribution in [0.25, 0.3) is 0 Å². The predicted octanol–water partition coefficient (Wildman–Crippen LogP) is 0.616. The van der Waals surface area contributed by atoms with Crippen LogP contribution in [0.15, 0.2) is 18.2 Å². The average molecular weight is 185 g/mol. The number of carboxylic acid groups (broad SMARTS) is 1. The molecule has 0 aliphatic heterocycles. The largest absolute Gasteiger partial charge is 0.507 e. The van der Waals surface area contributed by atoms with Crippen LogP contribution >= 0.6 is 0 Å². The van der Waals surface area contributed by atoms with Crippen LogP contribution in [0.1, 0.15) is 11.6 Å². The molecule has 0 bridgehead atoms. The van der Waals surface area contributed by atoms with Gasteiger partial charge in [-0.05, 0) is 6.07 Å². The first-order valence-corrected chi connectivity index (χ1v) is 3.49. The fourth-order valence-electron chi connectivity index (χ4n) is 0.913. The van der Waals surface area contributed by atoms with E-state index in [2.05, 4.69) is 0 Å². The number of carbonyl (C=O) groups is 1. The lowest BCUT2D eigenvalue weighted by molar-refractivity contribution is -0.138. The highest BCUT2D eigenvalue weighted by molar-refractivity contribution is 5.76. The molecule has 0 radical (unpaired) electrons. The Labute approximate surface area is 73.4 Å². The third-order valence-electron chi connectivity index (χ3n) is 1.59. The molecular formula is C8H8FNO3. The van der Waals surface area contributed by atoms with Crippen molar-refractivity contribution in [2.75, 3.05) is 0 Å². The van der Waals surface area contributed by atoms with E-state index in [0.29, 0.717) is 0 Å². The molecule has 0 fully saturated rings. The second-order valence-electron chi connectivity index (χ2n) is 2.52. The van der Waals surface area contributed by atoms with Crippen molar-refractivity contribution in [2.45, 2.75) is 6.04 Å². The second-order valence-corrected chi connectivity index (χ2v) is 2.52. The number of halogens is 1. The van der Waals surface area contributed by atoms with Crippen LogP contribution < -0.4 is 5.73 Å². The van der Waals surface area contributed by atoms with Crippen molar-refractivity contribution in [2.24, 2.45) is 5.73 Å². The molecular weight excluding hydrogens is 177 g/mol. The normalized spacial score (nSPS) is 12.5. The summed E-state index contributed by atoms with van der Waals surface area (Å²) in [5, 5.41) is 17.6. The number of aliphatic carboxylic acids is 1. The highest BCUT2D eigenvalue weighted by Gasteiger charge is 2.17. The Kier molecular flexibility index (Phi) is 2.48. The van der Waals surface area contributed by atoms with E-state index in [1.54, 1.807) is 0 Å². The first-order chi connectivity index (χ1) is 6.02. The number of nitrogens with two attached hydrogens (primary N) is 1. The predicted molar refractivity (Wildman–Crippen MR) is 42.6 cm³/mol. The molecule has 0 saturated carbocycles. The molecule has 0 amide bonds. The van der Waals surface area contributed by atoms with E-state index in [9.17, 15) is 9.18 Å². The molecule has 0 aliphatic carbocycles. The summed E-state index contributed by atoms with van der Waals surface area (Å²) in [5.74, 6) is -2.37. The monoisotopic (exact) mass is 185 g/mol. The molecule has 0 aromatic heterocycles. The van der Waals surface area contributed by atoms with Gasteiger partial charge in [0, 0.05) is 11.6 Å². The van der Waals surface area contributed by atoms with Crippen molar-refractivity contribution in [3.63, 3.8) is 0 Å². The van der Waals surface area contributed by atoms with Gasteiger partial charge < -0.3 is 15.9 Å². The minimum Gasteiger partial charge on any atom is -0.507 e. The van der Waals surface area contributed by atoms with Crippen molar-refractivity contribution in [1.29, 1.82) is 0 Å². The lowest BCUT2D eigenvalue weighted by Crippen LogP contribution is -2.20. The van der Waals surface area contributed by atoms with Crippen LogP contribution in [0.4, 0.5) is 4.39 Å². The van der Waals surface area contributed by atoms with E-state index in [1.165, 1.54) is 0 Å². The average Bonchev–Trinajstić information content (AvgIpc) is 2.03. The number of aromatic hydroxyl groups is 1. The maximum Gasteiger partial charge on any atom is 0.325 e. The summed E-state index contributed by atoms with van der Waals surface area (Å²) in [6.45, 7) is 0. The number of carboxylic acids is 1. The molecule has 1 atom stereocenters. The van der Waals surface area contributed by atoms with E-state index in [-0.39, 0.29) is 5.56 Å². The Balaban J connectivity index is 3.08. The molecule has 0 heterocycles. The van der Waals surface area contributed by atoms with E-state index < -0.39 is 23.6 Å². The van der Waals surface area contributed by atoms with Gasteiger partial charge in [-0.1, -0.05) is 6.07 Å². The van der Waals surface area contributed by atoms with Crippen molar-refractivity contribution < 1.29 is 19.4 Å². The molecule has 4 N–H and O–H groups in total. The molecule has 4 nitrogen and oxygen atoms in total. The molecule has 1 aromatic carbocycles. The van der Waals surface area contributed by atoms with Gasteiger partial charge in [0.15, 0.2) is 0 Å². The van der Waals surface area contributed by atoms with E-state index in [0.717, 1.165) is 18.2 Å². The Morgan fingerprint density at radius 3 is 2.62 bits per heavy atom. The molecule has 0 saturated heterocycles. The summed E-state index contributed by atoms with van der Waals surface area (Å²) in [4.78, 5) is 10.4. The summed E-state index contributed by atoms with van der Waals surface area (Å²) in [7, 11) is 0. The van der Waals surface area contributed by atoms with Crippen LogP contribution in [0.2, 0.25) is 0 Å². The minimum absolute atomic E-state index is 0.00565. The molecule has 0 aliphatic rings. The lowest BCUT2D eigenvalue weighted by Gasteiger charge is -2.08. The van der Waals surface area contributed by atoms with Crippen LogP contribution in [-0.2, 0) is 4.79 Å². The molecule has 13 heavy (non-hydrogen) atoms. The number of phenolic OH excluding ortho intramolecular Hbond substituents is 1. The zero-order valence-electron chi connectivity index (χ0n) is 6.57. The Bertz CT molecular complexity index is 340. The van der Waals surface area contributed by atoms with Crippen molar-refractivity contribution in [3.05, 3.63) is 29.6 Å². The van der Waals surface area contributed by atoms with Crippen molar-refractivity contribution in [1.82, 2.24) is 0 Å². The van der Waals surface area contributed by atoms with Crippen LogP contribution in [-0.4, -0.2) is 16.2 Å². The number of phenols is 1. The quantitative estimate of drug-likeness (QED) is 0.630. The number of rotatable bonds is 2. The Morgan fingerprint density at radius 1 is 1.54 bits per heavy atom. The number of benzene rings is 1. The number of hydrogen-bond donors (Lipinski definition) is 3. The SMILES string of the molecule is N[C@H](C(=O)O)c1ccc(F)cc1O. The van der Waals surface area contributed by atoms with Gasteiger partial charge in [0.05, 0.1) is 0 Å². The highest BCUT2D eigenvalue weighted by atomic mass is 19.1. The van der Waals surface area contributed by atoms with Crippen LogP contribution in [0.3, 0.4) is 0 Å². The third-order valence-corrected chi connectivity index (χ3v) is 1.59. The first-order valence-electron chi connectivity index (χ1n) is 3.49. The maximum absolute atomic E-state index is 12.5. The smallest absolute Gasteiger partial charge is 0.325 e. The summed E-state index contributed by atoms with van der Waals surface area (Å²) < 4.78 is 12.5. The lowest BCUT2D eigenvalue weighted by atomic mass is 10.1. The van der Waals surface area contributed by atoms with Crippen molar-refractivity contribution in [3.8, 4) is 5.75 Å². The van der Waals surface area contributed by atoms with Gasteiger partial charge in [-0.3, -0.25) is 4.79 Å². The third kappa shape index (κ3) is 1.94. The van der Waals surface area contributed by atoms with Gasteiger partial charge in [-0.25, -0.2) is 4.39 Å². The van der Waals surface area contributed by atoms with Gasteiger partial charge >= 0.3 is 5.97 Å². The Morgan fingerprint density at radius 2 is 2.15 bits per heavy atom. The second kappa shape index (κ2) is 3.40. The fourth-order valence-corrected chi connectivity index (χ4v) is 0.913. The molecule has 0 spiro atoms. The highest BCUT2D eigenvalue weighted by Crippen LogP contribution is 2.23. The number of hydrogen-bond acceptors (Lipinski definition) is 3. The molecule has 1 rings (SSSR count). The summed E-state index contributed by atoms with van der Waals surface area (Å²) in [6.07, 6.45) is 0. The van der Waals surface area contributed by atoms with E-state index >= 15 is 0 Å². The summed E-state index contributed by atoms with van der Waals surface area (Å²) in [5.41, 5.74) is 5.20. The van der Waals surface area contributed by atoms with Gasteiger partial charge in [0.2, 0.25) is 0 Å². The molecule has 1 aromatic rings. The summed E-state index contributed by atoms with van der Waals surface area (Å²) in [6, 6.07) is 1.67. The van der Waals surface area contributed by atoms with Gasteiger partial charge in [0.1, 0.15) is 17.6 Å². The molecule has 5 heteroatoms. The van der Waals surface area contributed by atoms with Gasteiger partial charge in [-0.2, -0.15) is 0 Å². The Hall–Kier alpha value is -1.62. The molecule has 70 valence electrons. The minimum atomic E-state index is -1.33. The van der Waals surface area contributed by atoms with Gasteiger partial charge in [0.25, 0.3) is 0 Å². The zero-order valence-corrected chi connectivity index (χ0v) is 6.57. The maximum atomic E-state index is 12.5. The zero-order chi connectivity index (χ0) is 10.0. The van der Waals surface area contributed by atoms with Crippen LogP contribution in [0, 0.1) is 5.82 Å². The fraction of sp³-hybridized carbons (Fsp3) is 0.125. The summed E-state index contributed by atoms with van der Waals surface area (Å²) >= 11 is 0. The van der Waals surface area contributed by atoms with Gasteiger partial charge in [-0.15, -0.1) is 0 Å². The topological polar surface area (TPSA) is 83.6 Å². The van der Waals surface area contributed by atoms with Crippen molar-refractivity contribution >= 4 is 5.97 Å². The first kappa shape index (κ1) is 9.47. The van der Waals surface area contributed by atoms with E-state index in [4.69, 9.17) is 15.9 Å². The van der Waals surface area contributed by atoms with Crippen LogP contribution in [0.5, 0.6) is 5.75 Å².